The van der Waals surface area contributed by atoms with E-state index in [2.05, 4.69) is 0 Å². The summed E-state index contributed by atoms with van der Waals surface area (Å²) in [6, 6.07) is 10.9. The number of carboxylic acid groups (broad SMARTS) is 1. The fourth-order valence-electron chi connectivity index (χ4n) is 1.95. The molecular weight excluding hydrogens is 275 g/mol. The maximum atomic E-state index is 13.6. The third-order valence-corrected chi connectivity index (χ3v) is 3.11. The van der Waals surface area contributed by atoms with Gasteiger partial charge >= 0.3 is 5.97 Å². The van der Waals surface area contributed by atoms with E-state index in [1.807, 2.05) is 0 Å². The molecule has 0 saturated heterocycles. The van der Waals surface area contributed by atoms with Crippen molar-refractivity contribution in [2.75, 3.05) is 7.11 Å². The Labute approximate surface area is 121 Å². The van der Waals surface area contributed by atoms with Crippen molar-refractivity contribution in [1.29, 1.82) is 0 Å². The lowest BCUT2D eigenvalue weighted by atomic mass is 10.00. The molecule has 2 aromatic rings. The molecule has 0 heterocycles. The maximum absolute atomic E-state index is 13.6. The number of methoxy groups -OCH3 is 1. The Kier molecular flexibility index (Phi) is 4.42. The van der Waals surface area contributed by atoms with Gasteiger partial charge in [0.2, 0.25) is 0 Å². The van der Waals surface area contributed by atoms with Gasteiger partial charge in [-0.3, -0.25) is 4.79 Å². The van der Waals surface area contributed by atoms with E-state index >= 15 is 0 Å². The molecule has 0 aliphatic rings. The van der Waals surface area contributed by atoms with Crippen LogP contribution in [-0.4, -0.2) is 18.2 Å². The molecule has 0 aromatic heterocycles. The Morgan fingerprint density at radius 3 is 2.43 bits per heavy atom. The molecule has 4 nitrogen and oxygen atoms in total. The number of halogens is 1. The number of rotatable bonds is 5. The van der Waals surface area contributed by atoms with Crippen molar-refractivity contribution in [3.63, 3.8) is 0 Å². The zero-order valence-corrected chi connectivity index (χ0v) is 11.7. The quantitative estimate of drug-likeness (QED) is 0.909. The largest absolute Gasteiger partial charge is 0.493 e. The van der Waals surface area contributed by atoms with Crippen molar-refractivity contribution in [3.05, 3.63) is 53.8 Å². The van der Waals surface area contributed by atoms with Crippen LogP contribution in [-0.2, 0) is 4.79 Å². The van der Waals surface area contributed by atoms with E-state index in [1.54, 1.807) is 37.3 Å². The molecule has 110 valence electrons. The summed E-state index contributed by atoms with van der Waals surface area (Å²) >= 11 is 0. The van der Waals surface area contributed by atoms with Crippen molar-refractivity contribution >= 4 is 5.97 Å². The summed E-state index contributed by atoms with van der Waals surface area (Å²) < 4.78 is 24.4. The molecule has 2 aromatic carbocycles. The van der Waals surface area contributed by atoms with E-state index in [9.17, 15) is 9.18 Å². The van der Waals surface area contributed by atoms with E-state index in [0.29, 0.717) is 5.56 Å². The van der Waals surface area contributed by atoms with Gasteiger partial charge in [-0.05, 0) is 25.1 Å². The molecule has 0 radical (unpaired) electrons. The summed E-state index contributed by atoms with van der Waals surface area (Å²) in [7, 11) is 1.42. The first kappa shape index (κ1) is 14.8. The Hall–Kier alpha value is -2.56. The first-order chi connectivity index (χ1) is 10.0. The molecule has 0 aliphatic carbocycles. The number of carboxylic acids is 1. The average Bonchev–Trinajstić information content (AvgIpc) is 2.48. The summed E-state index contributed by atoms with van der Waals surface area (Å²) in [6.07, 6.45) is 0. The number of hydrogen-bond acceptors (Lipinski definition) is 3. The van der Waals surface area contributed by atoms with Crippen molar-refractivity contribution < 1.29 is 23.8 Å². The van der Waals surface area contributed by atoms with Crippen LogP contribution in [0.2, 0.25) is 0 Å². The van der Waals surface area contributed by atoms with Crippen LogP contribution < -0.4 is 9.47 Å². The van der Waals surface area contributed by atoms with Gasteiger partial charge in [-0.25, -0.2) is 4.39 Å². The molecule has 1 unspecified atom stereocenters. The number of aliphatic carboxylic acids is 1. The zero-order valence-electron chi connectivity index (χ0n) is 11.7. The predicted octanol–water partition coefficient (Wildman–Crippen LogP) is 3.81. The number of carbonyl (C=O) groups is 1. The molecule has 2 rings (SSSR count). The molecule has 0 fully saturated rings. The highest BCUT2D eigenvalue weighted by molar-refractivity contribution is 5.77. The van der Waals surface area contributed by atoms with Crippen LogP contribution >= 0.6 is 0 Å². The van der Waals surface area contributed by atoms with Crippen LogP contribution in [0, 0.1) is 5.82 Å². The van der Waals surface area contributed by atoms with Crippen LogP contribution in [0.5, 0.6) is 17.2 Å². The smallest absolute Gasteiger partial charge is 0.310 e. The van der Waals surface area contributed by atoms with Crippen LogP contribution in [0.25, 0.3) is 0 Å². The summed E-state index contributed by atoms with van der Waals surface area (Å²) in [6.45, 7) is 1.55. The van der Waals surface area contributed by atoms with Crippen molar-refractivity contribution in [3.8, 4) is 17.2 Å². The van der Waals surface area contributed by atoms with Gasteiger partial charge in [0.05, 0.1) is 13.0 Å². The van der Waals surface area contributed by atoms with Gasteiger partial charge in [-0.15, -0.1) is 0 Å². The SMILES string of the molecule is COc1c(Oc2ccccc2F)cccc1C(C)C(=O)O. The van der Waals surface area contributed by atoms with Gasteiger partial charge in [0.15, 0.2) is 23.1 Å². The molecule has 5 heteroatoms. The first-order valence-electron chi connectivity index (χ1n) is 6.36. The van der Waals surface area contributed by atoms with Crippen LogP contribution in [0.4, 0.5) is 4.39 Å². The normalized spacial score (nSPS) is 11.8. The number of para-hydroxylation sites is 2. The van der Waals surface area contributed by atoms with Gasteiger partial charge in [-0.1, -0.05) is 24.3 Å². The Morgan fingerprint density at radius 2 is 1.81 bits per heavy atom. The van der Waals surface area contributed by atoms with Crippen molar-refractivity contribution in [1.82, 2.24) is 0 Å². The van der Waals surface area contributed by atoms with E-state index < -0.39 is 17.7 Å². The van der Waals surface area contributed by atoms with E-state index in [0.717, 1.165) is 0 Å². The lowest BCUT2D eigenvalue weighted by Crippen LogP contribution is -2.09. The summed E-state index contributed by atoms with van der Waals surface area (Å²) in [5, 5.41) is 9.12. The molecule has 0 saturated carbocycles. The lowest BCUT2D eigenvalue weighted by molar-refractivity contribution is -0.138. The second-order valence-corrected chi connectivity index (χ2v) is 4.47. The molecule has 21 heavy (non-hydrogen) atoms. The molecular formula is C16H15FO4. The van der Waals surface area contributed by atoms with Gasteiger partial charge in [-0.2, -0.15) is 0 Å². The highest BCUT2D eigenvalue weighted by atomic mass is 19.1. The number of ether oxygens (including phenoxy) is 2. The summed E-state index contributed by atoms with van der Waals surface area (Å²) in [5.74, 6) is -1.63. The fourth-order valence-corrected chi connectivity index (χ4v) is 1.95. The third-order valence-electron chi connectivity index (χ3n) is 3.11. The van der Waals surface area contributed by atoms with Gasteiger partial charge < -0.3 is 14.6 Å². The Morgan fingerprint density at radius 1 is 1.14 bits per heavy atom. The first-order valence-corrected chi connectivity index (χ1v) is 6.36. The molecule has 0 bridgehead atoms. The highest BCUT2D eigenvalue weighted by Gasteiger charge is 2.21. The highest BCUT2D eigenvalue weighted by Crippen LogP contribution is 2.38. The second-order valence-electron chi connectivity index (χ2n) is 4.47. The summed E-state index contributed by atoms with van der Waals surface area (Å²) in [4.78, 5) is 11.1. The average molecular weight is 290 g/mol. The third kappa shape index (κ3) is 3.13. The minimum Gasteiger partial charge on any atom is -0.493 e. The second kappa shape index (κ2) is 6.26. The van der Waals surface area contributed by atoms with Crippen molar-refractivity contribution in [2.24, 2.45) is 0 Å². The monoisotopic (exact) mass is 290 g/mol. The number of hydrogen-bond donors (Lipinski definition) is 1. The Bertz CT molecular complexity index is 654. The predicted molar refractivity (Wildman–Crippen MR) is 75.5 cm³/mol. The van der Waals surface area contributed by atoms with Crippen LogP contribution in [0.1, 0.15) is 18.4 Å². The van der Waals surface area contributed by atoms with E-state index in [4.69, 9.17) is 14.6 Å². The van der Waals surface area contributed by atoms with E-state index in [-0.39, 0.29) is 17.2 Å². The molecule has 1 N–H and O–H groups in total. The van der Waals surface area contributed by atoms with Gasteiger partial charge in [0.1, 0.15) is 0 Å². The van der Waals surface area contributed by atoms with Crippen LogP contribution in [0.3, 0.4) is 0 Å². The molecule has 1 atom stereocenters. The molecule has 0 aliphatic heterocycles. The van der Waals surface area contributed by atoms with Gasteiger partial charge in [0, 0.05) is 5.56 Å². The standard InChI is InChI=1S/C16H15FO4/c1-10(16(18)19)11-6-5-9-14(15(11)20-2)21-13-8-4-3-7-12(13)17/h3-10H,1-2H3,(H,18,19). The topological polar surface area (TPSA) is 55.8 Å². The minimum absolute atomic E-state index is 0.0518. The lowest BCUT2D eigenvalue weighted by Gasteiger charge is -2.16. The van der Waals surface area contributed by atoms with Gasteiger partial charge in [0.25, 0.3) is 0 Å². The van der Waals surface area contributed by atoms with Crippen molar-refractivity contribution in [2.45, 2.75) is 12.8 Å². The van der Waals surface area contributed by atoms with E-state index in [1.165, 1.54) is 19.2 Å². The maximum Gasteiger partial charge on any atom is 0.310 e. The summed E-state index contributed by atoms with van der Waals surface area (Å²) in [5.41, 5.74) is 0.471. The fraction of sp³-hybridized carbons (Fsp3) is 0.188. The van der Waals surface area contributed by atoms with Crippen LogP contribution in [0.15, 0.2) is 42.5 Å². The molecule has 0 amide bonds. The zero-order chi connectivity index (χ0) is 15.4. The Balaban J connectivity index is 2.43. The molecule has 0 spiro atoms. The number of benzene rings is 2. The minimum atomic E-state index is -0.976.